The Kier molecular flexibility index (Phi) is 8.37. The highest BCUT2D eigenvalue weighted by Gasteiger charge is 2.38. The number of nitrogens with zero attached hydrogens (tertiary/aromatic N) is 1. The first-order valence-electron chi connectivity index (χ1n) is 12.8. The summed E-state index contributed by atoms with van der Waals surface area (Å²) in [6, 6.07) is 11.9. The third kappa shape index (κ3) is 6.47. The third-order valence-corrected chi connectivity index (χ3v) is 7.61. The molecular formula is C28H35F3N2O3. The van der Waals surface area contributed by atoms with E-state index >= 15 is 0 Å². The molecule has 1 aliphatic heterocycles. The van der Waals surface area contributed by atoms with Gasteiger partial charge in [0.25, 0.3) is 0 Å². The van der Waals surface area contributed by atoms with E-state index in [2.05, 4.69) is 12.2 Å². The van der Waals surface area contributed by atoms with Crippen LogP contribution in [0.5, 0.6) is 0 Å². The van der Waals surface area contributed by atoms with Crippen molar-refractivity contribution in [2.24, 2.45) is 5.92 Å². The molecule has 8 heteroatoms. The summed E-state index contributed by atoms with van der Waals surface area (Å²) in [5, 5.41) is 23.9. The Hall–Kier alpha value is -2.42. The second-order valence-corrected chi connectivity index (χ2v) is 10.3. The summed E-state index contributed by atoms with van der Waals surface area (Å²) < 4.78 is 39.8. The molecule has 2 aromatic carbocycles. The maximum absolute atomic E-state index is 13.3. The molecule has 0 spiro atoms. The number of carboxylic acids is 1. The van der Waals surface area contributed by atoms with Gasteiger partial charge >= 0.3 is 12.1 Å². The van der Waals surface area contributed by atoms with Crippen LogP contribution in [-0.4, -0.2) is 39.4 Å². The van der Waals surface area contributed by atoms with Gasteiger partial charge in [0.1, 0.15) is 6.23 Å². The normalized spacial score (nSPS) is 23.4. The van der Waals surface area contributed by atoms with E-state index < -0.39 is 23.9 Å². The van der Waals surface area contributed by atoms with Gasteiger partial charge in [0.15, 0.2) is 0 Å². The van der Waals surface area contributed by atoms with Crippen molar-refractivity contribution in [3.05, 3.63) is 70.3 Å². The number of aliphatic hydroxyl groups excluding tert-OH is 1. The minimum Gasteiger partial charge on any atom is -0.481 e. The Balaban J connectivity index is 1.39. The number of rotatable bonds is 9. The number of aliphatic hydroxyl groups is 1. The van der Waals surface area contributed by atoms with Gasteiger partial charge in [-0.3, -0.25) is 9.69 Å². The Morgan fingerprint density at radius 2 is 1.92 bits per heavy atom. The van der Waals surface area contributed by atoms with E-state index in [4.69, 9.17) is 5.11 Å². The van der Waals surface area contributed by atoms with Crippen LogP contribution in [-0.2, 0) is 36.9 Å². The first kappa shape index (κ1) is 26.6. The van der Waals surface area contributed by atoms with Crippen molar-refractivity contribution in [1.82, 2.24) is 10.2 Å². The Bertz CT molecular complexity index is 1060. The number of benzene rings is 2. The molecule has 4 rings (SSSR count). The zero-order valence-corrected chi connectivity index (χ0v) is 20.6. The third-order valence-electron chi connectivity index (χ3n) is 7.61. The molecule has 5 nitrogen and oxygen atoms in total. The van der Waals surface area contributed by atoms with Crippen LogP contribution in [0.1, 0.15) is 66.8 Å². The minimum atomic E-state index is -4.38. The maximum Gasteiger partial charge on any atom is 0.416 e. The molecular weight excluding hydrogens is 469 g/mol. The van der Waals surface area contributed by atoms with E-state index in [-0.39, 0.29) is 24.4 Å². The summed E-state index contributed by atoms with van der Waals surface area (Å²) in [7, 11) is 0. The van der Waals surface area contributed by atoms with E-state index in [1.807, 2.05) is 23.1 Å². The summed E-state index contributed by atoms with van der Waals surface area (Å²) in [5.74, 6) is -0.809. The van der Waals surface area contributed by atoms with Crippen LogP contribution in [0.25, 0.3) is 0 Å². The zero-order valence-electron chi connectivity index (χ0n) is 20.6. The summed E-state index contributed by atoms with van der Waals surface area (Å²) in [6.45, 7) is 3.04. The van der Waals surface area contributed by atoms with Crippen molar-refractivity contribution in [3.8, 4) is 0 Å². The SMILES string of the molecule is CCCC1Cc2ccc(C(F)(F)F)cc2CN1C(O)[C@H]1CCC(NCc2cccc(CC(=O)O)c2)C1. The van der Waals surface area contributed by atoms with E-state index in [0.29, 0.717) is 25.1 Å². The summed E-state index contributed by atoms with van der Waals surface area (Å²) in [4.78, 5) is 13.0. The lowest BCUT2D eigenvalue weighted by Gasteiger charge is -2.42. The van der Waals surface area contributed by atoms with E-state index in [1.165, 1.54) is 12.1 Å². The van der Waals surface area contributed by atoms with Crippen molar-refractivity contribution in [2.45, 2.75) is 89.4 Å². The Morgan fingerprint density at radius 1 is 1.14 bits per heavy atom. The smallest absolute Gasteiger partial charge is 0.416 e. The molecule has 2 aliphatic rings. The van der Waals surface area contributed by atoms with E-state index in [1.54, 1.807) is 12.1 Å². The molecule has 3 unspecified atom stereocenters. The molecule has 1 heterocycles. The van der Waals surface area contributed by atoms with Crippen molar-refractivity contribution < 1.29 is 28.2 Å². The molecule has 2 aromatic rings. The van der Waals surface area contributed by atoms with Crippen molar-refractivity contribution in [1.29, 1.82) is 0 Å². The van der Waals surface area contributed by atoms with Crippen molar-refractivity contribution in [3.63, 3.8) is 0 Å². The highest BCUT2D eigenvalue weighted by Crippen LogP contribution is 2.37. The number of fused-ring (bicyclic) bond motifs is 1. The zero-order chi connectivity index (χ0) is 25.9. The lowest BCUT2D eigenvalue weighted by Crippen LogP contribution is -2.49. The van der Waals surface area contributed by atoms with Crippen LogP contribution in [0.2, 0.25) is 0 Å². The standard InChI is InChI=1S/C28H35F3N2O3/c1-2-4-25-15-20-7-9-23(28(29,30)31)13-22(20)17-33(25)27(36)21-8-10-24(14-21)32-16-19-6-3-5-18(11-19)12-26(34)35/h3,5-7,9,11,13,21,24-25,27,32,36H,2,4,8,10,12,14-17H2,1H3,(H,34,35)/t21-,24?,25?,27?/m0/s1. The lowest BCUT2D eigenvalue weighted by atomic mass is 9.88. The fourth-order valence-electron chi connectivity index (χ4n) is 5.79. The Morgan fingerprint density at radius 3 is 2.64 bits per heavy atom. The van der Waals surface area contributed by atoms with Crippen LogP contribution < -0.4 is 5.32 Å². The molecule has 1 fully saturated rings. The number of aliphatic carboxylic acids is 1. The van der Waals surface area contributed by atoms with Crippen LogP contribution >= 0.6 is 0 Å². The number of halogens is 3. The number of carboxylic acid groups (broad SMARTS) is 1. The van der Waals surface area contributed by atoms with Gasteiger partial charge in [0, 0.05) is 31.1 Å². The number of nitrogens with one attached hydrogen (secondary N) is 1. The van der Waals surface area contributed by atoms with Gasteiger partial charge in [-0.15, -0.1) is 0 Å². The number of carbonyl (C=O) groups is 1. The van der Waals surface area contributed by atoms with Gasteiger partial charge < -0.3 is 15.5 Å². The largest absolute Gasteiger partial charge is 0.481 e. The highest BCUT2D eigenvalue weighted by molar-refractivity contribution is 5.70. The van der Waals surface area contributed by atoms with Gasteiger partial charge in [0.2, 0.25) is 0 Å². The molecule has 4 atom stereocenters. The fourth-order valence-corrected chi connectivity index (χ4v) is 5.79. The van der Waals surface area contributed by atoms with Crippen molar-refractivity contribution in [2.75, 3.05) is 0 Å². The molecule has 36 heavy (non-hydrogen) atoms. The molecule has 0 bridgehead atoms. The quantitative estimate of drug-likeness (QED) is 0.441. The Labute approximate surface area is 210 Å². The number of alkyl halides is 3. The predicted octanol–water partition coefficient (Wildman–Crippen LogP) is 5.14. The topological polar surface area (TPSA) is 72.8 Å². The predicted molar refractivity (Wildman–Crippen MR) is 131 cm³/mol. The van der Waals surface area contributed by atoms with Crippen LogP contribution in [0.15, 0.2) is 42.5 Å². The van der Waals surface area contributed by atoms with Crippen molar-refractivity contribution >= 4 is 5.97 Å². The van der Waals surface area contributed by atoms with Gasteiger partial charge in [-0.1, -0.05) is 43.7 Å². The van der Waals surface area contributed by atoms with Crippen LogP contribution in [0, 0.1) is 5.92 Å². The highest BCUT2D eigenvalue weighted by atomic mass is 19.4. The number of hydrogen-bond donors (Lipinski definition) is 3. The second kappa shape index (κ2) is 11.3. The second-order valence-electron chi connectivity index (χ2n) is 10.3. The fraction of sp³-hybridized carbons (Fsp3) is 0.536. The minimum absolute atomic E-state index is 0.00606. The molecule has 0 amide bonds. The summed E-state index contributed by atoms with van der Waals surface area (Å²) in [6.07, 6.45) is -0.0435. The van der Waals surface area contributed by atoms with Gasteiger partial charge in [-0.25, -0.2) is 0 Å². The molecule has 3 N–H and O–H groups in total. The molecule has 0 radical (unpaired) electrons. The summed E-state index contributed by atoms with van der Waals surface area (Å²) >= 11 is 0. The number of hydrogen-bond acceptors (Lipinski definition) is 4. The van der Waals surface area contributed by atoms with Gasteiger partial charge in [-0.05, 0) is 66.5 Å². The van der Waals surface area contributed by atoms with E-state index in [0.717, 1.165) is 48.8 Å². The van der Waals surface area contributed by atoms with Gasteiger partial charge in [-0.2, -0.15) is 13.2 Å². The molecule has 0 saturated heterocycles. The first-order valence-corrected chi connectivity index (χ1v) is 12.8. The molecule has 1 saturated carbocycles. The summed E-state index contributed by atoms with van der Waals surface area (Å²) in [5.41, 5.74) is 2.75. The van der Waals surface area contributed by atoms with Crippen LogP contribution in [0.3, 0.4) is 0 Å². The van der Waals surface area contributed by atoms with Gasteiger partial charge in [0.05, 0.1) is 12.0 Å². The average molecular weight is 505 g/mol. The van der Waals surface area contributed by atoms with Crippen LogP contribution in [0.4, 0.5) is 13.2 Å². The van der Waals surface area contributed by atoms with E-state index in [9.17, 15) is 23.1 Å². The monoisotopic (exact) mass is 504 g/mol. The average Bonchev–Trinajstić information content (AvgIpc) is 3.30. The molecule has 1 aliphatic carbocycles. The first-order chi connectivity index (χ1) is 17.1. The lowest BCUT2D eigenvalue weighted by molar-refractivity contribution is -0.138. The molecule has 0 aromatic heterocycles. The molecule has 196 valence electrons. The maximum atomic E-state index is 13.3.